The number of benzene rings is 2. The molecule has 2 aromatic carbocycles. The maximum atomic E-state index is 14.3. The number of thioether (sulfide) groups is 1. The summed E-state index contributed by atoms with van der Waals surface area (Å²) in [5, 5.41) is 0.462. The number of fused-ring (bicyclic) bond motifs is 1. The molecule has 0 spiro atoms. The Balaban J connectivity index is 1.38. The molecule has 3 amide bonds. The summed E-state index contributed by atoms with van der Waals surface area (Å²) < 4.78 is 16.2. The van der Waals surface area contributed by atoms with Crippen molar-refractivity contribution in [1.29, 1.82) is 0 Å². The van der Waals surface area contributed by atoms with E-state index in [1.807, 2.05) is 35.0 Å². The number of amides is 3. The lowest BCUT2D eigenvalue weighted by molar-refractivity contribution is -0.136. The van der Waals surface area contributed by atoms with Crippen molar-refractivity contribution in [1.82, 2.24) is 14.4 Å². The number of hydrogen-bond donors (Lipinski definition) is 0. The quantitative estimate of drug-likeness (QED) is 0.465. The first-order valence-electron chi connectivity index (χ1n) is 11.7. The molecule has 0 saturated carbocycles. The van der Waals surface area contributed by atoms with Gasteiger partial charge < -0.3 is 9.47 Å². The van der Waals surface area contributed by atoms with Crippen LogP contribution >= 0.6 is 11.8 Å². The van der Waals surface area contributed by atoms with Gasteiger partial charge in [-0.1, -0.05) is 43.3 Å². The number of carbonyl (C=O) groups is 3. The minimum atomic E-state index is -0.454. The Kier molecular flexibility index (Phi) is 6.47. The molecule has 0 atom stereocenters. The predicted molar refractivity (Wildman–Crippen MR) is 135 cm³/mol. The topological polar surface area (TPSA) is 62.6 Å². The minimum absolute atomic E-state index is 0.193. The lowest BCUT2D eigenvalue weighted by Gasteiger charge is -2.31. The highest BCUT2D eigenvalue weighted by Gasteiger charge is 2.37. The fourth-order valence-corrected chi connectivity index (χ4v) is 5.43. The van der Waals surface area contributed by atoms with Crippen LogP contribution in [0.3, 0.4) is 0 Å². The van der Waals surface area contributed by atoms with Crippen molar-refractivity contribution in [3.05, 3.63) is 76.6 Å². The molecule has 35 heavy (non-hydrogen) atoms. The summed E-state index contributed by atoms with van der Waals surface area (Å²) in [4.78, 5) is 41.4. The summed E-state index contributed by atoms with van der Waals surface area (Å²) in [5.74, 6) is -0.341. The van der Waals surface area contributed by atoms with Gasteiger partial charge in [0.2, 0.25) is 5.91 Å². The molecule has 6 nitrogen and oxygen atoms in total. The van der Waals surface area contributed by atoms with Gasteiger partial charge in [0.25, 0.3) is 11.1 Å². The molecule has 180 valence electrons. The SMILES string of the molecule is CC1CCN(C(=O)CN2C(=O)S/C(=C\c3cn(Cc4ccccc4F)c4ccccc34)C2=O)CC1. The van der Waals surface area contributed by atoms with Crippen molar-refractivity contribution >= 4 is 45.8 Å². The van der Waals surface area contributed by atoms with Crippen molar-refractivity contribution in [2.75, 3.05) is 19.6 Å². The predicted octanol–water partition coefficient (Wildman–Crippen LogP) is 5.12. The van der Waals surface area contributed by atoms with Gasteiger partial charge in [-0.2, -0.15) is 0 Å². The van der Waals surface area contributed by atoms with E-state index in [0.717, 1.165) is 46.0 Å². The third-order valence-electron chi connectivity index (χ3n) is 6.71. The Hall–Kier alpha value is -3.39. The summed E-state index contributed by atoms with van der Waals surface area (Å²) >= 11 is 0.848. The molecular weight excluding hydrogens is 465 g/mol. The van der Waals surface area contributed by atoms with Crippen LogP contribution in [0.4, 0.5) is 9.18 Å². The van der Waals surface area contributed by atoms with E-state index in [1.165, 1.54) is 6.07 Å². The van der Waals surface area contributed by atoms with Gasteiger partial charge in [0.15, 0.2) is 0 Å². The molecule has 3 aromatic rings. The minimum Gasteiger partial charge on any atom is -0.342 e. The Morgan fingerprint density at radius 1 is 1.09 bits per heavy atom. The highest BCUT2D eigenvalue weighted by Crippen LogP contribution is 2.34. The number of rotatable bonds is 5. The normalized spacial score (nSPS) is 18.3. The fourth-order valence-electron chi connectivity index (χ4n) is 4.60. The van der Waals surface area contributed by atoms with E-state index < -0.39 is 11.1 Å². The summed E-state index contributed by atoms with van der Waals surface area (Å²) in [6.45, 7) is 3.59. The zero-order chi connectivity index (χ0) is 24.5. The zero-order valence-corrected chi connectivity index (χ0v) is 20.3. The number of halogens is 1. The van der Waals surface area contributed by atoms with E-state index in [9.17, 15) is 18.8 Å². The maximum absolute atomic E-state index is 14.3. The third-order valence-corrected chi connectivity index (χ3v) is 7.62. The molecule has 8 heteroatoms. The Bertz CT molecular complexity index is 1340. The first kappa shape index (κ1) is 23.4. The first-order chi connectivity index (χ1) is 16.9. The van der Waals surface area contributed by atoms with E-state index >= 15 is 0 Å². The van der Waals surface area contributed by atoms with Crippen LogP contribution in [0.2, 0.25) is 0 Å². The summed E-state index contributed by atoms with van der Waals surface area (Å²) in [5.41, 5.74) is 2.22. The van der Waals surface area contributed by atoms with Crippen LogP contribution in [0.5, 0.6) is 0 Å². The molecule has 0 bridgehead atoms. The molecule has 0 radical (unpaired) electrons. The molecule has 1 aromatic heterocycles. The summed E-state index contributed by atoms with van der Waals surface area (Å²) in [7, 11) is 0. The van der Waals surface area contributed by atoms with Crippen LogP contribution in [0.25, 0.3) is 17.0 Å². The molecule has 2 aliphatic heterocycles. The number of likely N-dealkylation sites (tertiary alicyclic amines) is 1. The second kappa shape index (κ2) is 9.70. The van der Waals surface area contributed by atoms with Crippen molar-refractivity contribution in [2.45, 2.75) is 26.3 Å². The number of piperidine rings is 1. The van der Waals surface area contributed by atoms with Crippen molar-refractivity contribution < 1.29 is 18.8 Å². The fraction of sp³-hybridized carbons (Fsp3) is 0.296. The molecule has 2 fully saturated rings. The summed E-state index contributed by atoms with van der Waals surface area (Å²) in [6, 6.07) is 14.3. The van der Waals surface area contributed by atoms with Gasteiger partial charge in [-0.05, 0) is 48.7 Å². The molecule has 5 rings (SSSR count). The van der Waals surface area contributed by atoms with Gasteiger partial charge in [-0.15, -0.1) is 0 Å². The first-order valence-corrected chi connectivity index (χ1v) is 12.6. The van der Waals surface area contributed by atoms with E-state index in [4.69, 9.17) is 0 Å². The smallest absolute Gasteiger partial charge is 0.294 e. The van der Waals surface area contributed by atoms with Gasteiger partial charge >= 0.3 is 0 Å². The third kappa shape index (κ3) is 4.75. The summed E-state index contributed by atoms with van der Waals surface area (Å²) in [6.07, 6.45) is 5.43. The molecule has 3 heterocycles. The van der Waals surface area contributed by atoms with Gasteiger partial charge in [0.05, 0.1) is 11.4 Å². The van der Waals surface area contributed by atoms with Gasteiger partial charge in [-0.25, -0.2) is 4.39 Å². The van der Waals surface area contributed by atoms with E-state index in [1.54, 1.807) is 29.2 Å². The number of para-hydroxylation sites is 1. The lowest BCUT2D eigenvalue weighted by Crippen LogP contribution is -2.45. The molecule has 0 unspecified atom stereocenters. The maximum Gasteiger partial charge on any atom is 0.294 e. The van der Waals surface area contributed by atoms with Crippen LogP contribution in [0, 0.1) is 11.7 Å². The standard InChI is InChI=1S/C27H26FN3O3S/c1-18-10-12-29(13-11-18)25(32)17-31-26(33)24(35-27(31)34)14-20-16-30(23-9-5-3-7-21(20)23)15-19-6-2-4-8-22(19)28/h2-9,14,16,18H,10-13,15,17H2,1H3/b24-14-. The molecule has 0 aliphatic carbocycles. The largest absolute Gasteiger partial charge is 0.342 e. The average Bonchev–Trinajstić information content (AvgIpc) is 3.33. The van der Waals surface area contributed by atoms with Crippen molar-refractivity contribution in [3.63, 3.8) is 0 Å². The van der Waals surface area contributed by atoms with Crippen molar-refractivity contribution in [2.24, 2.45) is 5.92 Å². The Morgan fingerprint density at radius 2 is 1.80 bits per heavy atom. The molecular formula is C27H26FN3O3S. The second-order valence-corrected chi connectivity index (χ2v) is 10.1. The number of aromatic nitrogens is 1. The van der Waals surface area contributed by atoms with Crippen LogP contribution in [-0.4, -0.2) is 51.1 Å². The zero-order valence-electron chi connectivity index (χ0n) is 19.4. The average molecular weight is 492 g/mol. The van der Waals surface area contributed by atoms with Gasteiger partial charge in [0.1, 0.15) is 12.4 Å². The number of imide groups is 1. The second-order valence-electron chi connectivity index (χ2n) is 9.15. The number of carbonyl (C=O) groups excluding carboxylic acids is 3. The molecule has 2 saturated heterocycles. The van der Waals surface area contributed by atoms with Crippen LogP contribution in [0.1, 0.15) is 30.9 Å². The number of nitrogens with zero attached hydrogens (tertiary/aromatic N) is 3. The van der Waals surface area contributed by atoms with Crippen LogP contribution in [-0.2, 0) is 16.1 Å². The monoisotopic (exact) mass is 491 g/mol. The van der Waals surface area contributed by atoms with E-state index in [0.29, 0.717) is 31.1 Å². The number of hydrogen-bond acceptors (Lipinski definition) is 4. The van der Waals surface area contributed by atoms with Gasteiger partial charge in [0, 0.05) is 41.3 Å². The Labute approximate surface area is 207 Å². The highest BCUT2D eigenvalue weighted by molar-refractivity contribution is 8.18. The van der Waals surface area contributed by atoms with Crippen molar-refractivity contribution in [3.8, 4) is 0 Å². The van der Waals surface area contributed by atoms with Crippen LogP contribution in [0.15, 0.2) is 59.6 Å². The van der Waals surface area contributed by atoms with Crippen LogP contribution < -0.4 is 0 Å². The van der Waals surface area contributed by atoms with E-state index in [2.05, 4.69) is 6.92 Å². The molecule has 2 aliphatic rings. The Morgan fingerprint density at radius 3 is 2.57 bits per heavy atom. The van der Waals surface area contributed by atoms with Gasteiger partial charge in [-0.3, -0.25) is 19.3 Å². The highest BCUT2D eigenvalue weighted by atomic mass is 32.2. The molecule has 0 N–H and O–H groups in total. The lowest BCUT2D eigenvalue weighted by atomic mass is 9.99. The van der Waals surface area contributed by atoms with E-state index in [-0.39, 0.29) is 23.2 Å².